The van der Waals surface area contributed by atoms with Gasteiger partial charge in [0, 0.05) is 5.69 Å². The van der Waals surface area contributed by atoms with Gasteiger partial charge < -0.3 is 15.5 Å². The highest BCUT2D eigenvalue weighted by atomic mass is 19.1. The van der Waals surface area contributed by atoms with Gasteiger partial charge in [0.25, 0.3) is 0 Å². The van der Waals surface area contributed by atoms with Crippen molar-refractivity contribution in [1.29, 1.82) is 0 Å². The highest BCUT2D eigenvalue weighted by molar-refractivity contribution is 5.94. The van der Waals surface area contributed by atoms with Crippen LogP contribution in [0.25, 0.3) is 0 Å². The number of anilines is 1. The molecule has 2 aromatic rings. The van der Waals surface area contributed by atoms with E-state index in [4.69, 9.17) is 5.11 Å². The minimum absolute atomic E-state index is 0.151. The molecule has 21 heavy (non-hydrogen) atoms. The lowest BCUT2D eigenvalue weighted by atomic mass is 10.1. The molecule has 2 aromatic carbocycles. The van der Waals surface area contributed by atoms with Crippen LogP contribution in [0.2, 0.25) is 0 Å². The van der Waals surface area contributed by atoms with Crippen LogP contribution in [0, 0.1) is 5.82 Å². The molecule has 0 aliphatic carbocycles. The smallest absolute Gasteiger partial charge is 0.337 e. The van der Waals surface area contributed by atoms with E-state index in [1.165, 1.54) is 12.1 Å². The van der Waals surface area contributed by atoms with Gasteiger partial charge in [-0.05, 0) is 30.2 Å². The summed E-state index contributed by atoms with van der Waals surface area (Å²) >= 11 is 0. The van der Waals surface area contributed by atoms with Crippen molar-refractivity contribution in [3.63, 3.8) is 0 Å². The van der Waals surface area contributed by atoms with Crippen molar-refractivity contribution in [2.75, 3.05) is 11.9 Å². The predicted molar refractivity (Wildman–Crippen MR) is 78.0 cm³/mol. The molecule has 4 nitrogen and oxygen atoms in total. The largest absolute Gasteiger partial charge is 0.478 e. The van der Waals surface area contributed by atoms with Crippen LogP contribution in [-0.4, -0.2) is 28.8 Å². The Balaban J connectivity index is 2.17. The average molecular weight is 289 g/mol. The van der Waals surface area contributed by atoms with Crippen LogP contribution in [0.4, 0.5) is 10.1 Å². The molecule has 5 heteroatoms. The van der Waals surface area contributed by atoms with Crippen molar-refractivity contribution >= 4 is 11.7 Å². The average Bonchev–Trinajstić information content (AvgIpc) is 2.49. The number of rotatable bonds is 6. The van der Waals surface area contributed by atoms with Gasteiger partial charge >= 0.3 is 5.97 Å². The molecular formula is C16H16FNO3. The highest BCUT2D eigenvalue weighted by Gasteiger charge is 2.15. The molecule has 0 heterocycles. The van der Waals surface area contributed by atoms with Gasteiger partial charge in [-0.15, -0.1) is 0 Å². The van der Waals surface area contributed by atoms with Crippen LogP contribution in [-0.2, 0) is 6.42 Å². The SMILES string of the molecule is O=C(O)c1cc(F)ccc1NC(CO)Cc1ccccc1. The summed E-state index contributed by atoms with van der Waals surface area (Å²) in [5.41, 5.74) is 1.16. The van der Waals surface area contributed by atoms with E-state index in [-0.39, 0.29) is 18.2 Å². The minimum Gasteiger partial charge on any atom is -0.478 e. The Labute approximate surface area is 121 Å². The van der Waals surface area contributed by atoms with Gasteiger partial charge in [-0.2, -0.15) is 0 Å². The summed E-state index contributed by atoms with van der Waals surface area (Å²) in [5.74, 6) is -1.82. The molecule has 0 bridgehead atoms. The van der Waals surface area contributed by atoms with Crippen molar-refractivity contribution in [2.45, 2.75) is 12.5 Å². The number of carboxylic acids is 1. The molecule has 1 atom stereocenters. The Hall–Kier alpha value is -2.40. The number of hydrogen-bond donors (Lipinski definition) is 3. The van der Waals surface area contributed by atoms with E-state index >= 15 is 0 Å². The van der Waals surface area contributed by atoms with Gasteiger partial charge in [-0.25, -0.2) is 9.18 Å². The monoisotopic (exact) mass is 289 g/mol. The summed E-state index contributed by atoms with van der Waals surface area (Å²) in [5, 5.41) is 21.5. The zero-order valence-corrected chi connectivity index (χ0v) is 11.3. The number of carboxylic acid groups (broad SMARTS) is 1. The van der Waals surface area contributed by atoms with Gasteiger partial charge in [-0.1, -0.05) is 30.3 Å². The molecule has 0 saturated carbocycles. The van der Waals surface area contributed by atoms with E-state index in [0.29, 0.717) is 12.1 Å². The zero-order valence-electron chi connectivity index (χ0n) is 11.3. The van der Waals surface area contributed by atoms with Crippen LogP contribution >= 0.6 is 0 Å². The van der Waals surface area contributed by atoms with Crippen LogP contribution in [0.5, 0.6) is 0 Å². The number of aliphatic hydroxyl groups is 1. The normalized spacial score (nSPS) is 11.9. The lowest BCUT2D eigenvalue weighted by Crippen LogP contribution is -2.27. The van der Waals surface area contributed by atoms with Gasteiger partial charge in [-0.3, -0.25) is 0 Å². The molecular weight excluding hydrogens is 273 g/mol. The summed E-state index contributed by atoms with van der Waals surface area (Å²) in [4.78, 5) is 11.1. The third kappa shape index (κ3) is 4.03. The van der Waals surface area contributed by atoms with Crippen LogP contribution in [0.1, 0.15) is 15.9 Å². The van der Waals surface area contributed by atoms with Gasteiger partial charge in [0.1, 0.15) is 5.82 Å². The lowest BCUT2D eigenvalue weighted by molar-refractivity contribution is 0.0697. The van der Waals surface area contributed by atoms with Gasteiger partial charge in [0.15, 0.2) is 0 Å². The maximum atomic E-state index is 13.1. The Morgan fingerprint density at radius 1 is 1.19 bits per heavy atom. The van der Waals surface area contributed by atoms with Crippen LogP contribution < -0.4 is 5.32 Å². The third-order valence-corrected chi connectivity index (χ3v) is 3.12. The van der Waals surface area contributed by atoms with E-state index in [9.17, 15) is 14.3 Å². The molecule has 0 aliphatic heterocycles. The molecule has 0 aliphatic rings. The molecule has 2 rings (SSSR count). The first-order valence-electron chi connectivity index (χ1n) is 6.54. The summed E-state index contributed by atoms with van der Waals surface area (Å²) in [6, 6.07) is 12.7. The molecule has 0 amide bonds. The summed E-state index contributed by atoms with van der Waals surface area (Å²) in [6.07, 6.45) is 0.535. The van der Waals surface area contributed by atoms with E-state index in [1.807, 2.05) is 30.3 Å². The van der Waals surface area contributed by atoms with Crippen molar-refractivity contribution in [2.24, 2.45) is 0 Å². The van der Waals surface area contributed by atoms with E-state index < -0.39 is 11.8 Å². The first kappa shape index (κ1) is 15.0. The fraction of sp³-hybridized carbons (Fsp3) is 0.188. The molecule has 0 fully saturated rings. The van der Waals surface area contributed by atoms with E-state index in [2.05, 4.69) is 5.32 Å². The highest BCUT2D eigenvalue weighted by Crippen LogP contribution is 2.19. The number of carbonyl (C=O) groups is 1. The lowest BCUT2D eigenvalue weighted by Gasteiger charge is -2.19. The minimum atomic E-state index is -1.21. The molecule has 0 saturated heterocycles. The van der Waals surface area contributed by atoms with Crippen LogP contribution in [0.3, 0.4) is 0 Å². The zero-order chi connectivity index (χ0) is 15.2. The second-order valence-corrected chi connectivity index (χ2v) is 4.71. The van der Waals surface area contributed by atoms with Crippen molar-refractivity contribution in [3.05, 3.63) is 65.5 Å². The molecule has 3 N–H and O–H groups in total. The number of halogens is 1. The Morgan fingerprint density at radius 2 is 1.90 bits per heavy atom. The number of hydrogen-bond acceptors (Lipinski definition) is 3. The Morgan fingerprint density at radius 3 is 2.52 bits per heavy atom. The van der Waals surface area contributed by atoms with Gasteiger partial charge in [0.2, 0.25) is 0 Å². The maximum absolute atomic E-state index is 13.1. The summed E-state index contributed by atoms with van der Waals surface area (Å²) in [7, 11) is 0. The molecule has 1 unspecified atom stereocenters. The van der Waals surface area contributed by atoms with E-state index in [1.54, 1.807) is 0 Å². The third-order valence-electron chi connectivity index (χ3n) is 3.12. The molecule has 0 aromatic heterocycles. The summed E-state index contributed by atoms with van der Waals surface area (Å²) in [6.45, 7) is -0.161. The quantitative estimate of drug-likeness (QED) is 0.764. The van der Waals surface area contributed by atoms with Crippen LogP contribution in [0.15, 0.2) is 48.5 Å². The van der Waals surface area contributed by atoms with E-state index in [0.717, 1.165) is 11.6 Å². The molecule has 0 radical (unpaired) electrons. The first-order valence-corrected chi connectivity index (χ1v) is 6.54. The summed E-state index contributed by atoms with van der Waals surface area (Å²) < 4.78 is 13.1. The fourth-order valence-electron chi connectivity index (χ4n) is 2.10. The van der Waals surface area contributed by atoms with Crippen molar-refractivity contribution in [1.82, 2.24) is 0 Å². The number of aromatic carboxylic acids is 1. The van der Waals surface area contributed by atoms with Gasteiger partial charge in [0.05, 0.1) is 18.2 Å². The molecule has 0 spiro atoms. The number of nitrogens with one attached hydrogen (secondary N) is 1. The Kier molecular flexibility index (Phi) is 4.90. The standard InChI is InChI=1S/C16H16FNO3/c17-12-6-7-15(14(9-12)16(20)21)18-13(10-19)8-11-4-2-1-3-5-11/h1-7,9,13,18-19H,8,10H2,(H,20,21). The Bertz CT molecular complexity index is 616. The maximum Gasteiger partial charge on any atom is 0.337 e. The second kappa shape index (κ2) is 6.85. The predicted octanol–water partition coefficient (Wildman–Crippen LogP) is 2.54. The van der Waals surface area contributed by atoms with Crippen molar-refractivity contribution < 1.29 is 19.4 Å². The first-order chi connectivity index (χ1) is 10.1. The number of aliphatic hydroxyl groups excluding tert-OH is 1. The fourth-order valence-corrected chi connectivity index (χ4v) is 2.10. The number of benzene rings is 2. The second-order valence-electron chi connectivity index (χ2n) is 4.71. The topological polar surface area (TPSA) is 69.6 Å². The van der Waals surface area contributed by atoms with Crippen molar-refractivity contribution in [3.8, 4) is 0 Å². The molecule has 110 valence electrons.